The van der Waals surface area contributed by atoms with Crippen molar-refractivity contribution in [2.75, 3.05) is 18.8 Å². The third kappa shape index (κ3) is 4.70. The Morgan fingerprint density at radius 2 is 2.22 bits per heavy atom. The van der Waals surface area contributed by atoms with Gasteiger partial charge in [-0.1, -0.05) is 23.7 Å². The summed E-state index contributed by atoms with van der Waals surface area (Å²) in [6, 6.07) is 4.51. The van der Waals surface area contributed by atoms with E-state index in [-0.39, 0.29) is 23.1 Å². The highest BCUT2D eigenvalue weighted by Crippen LogP contribution is 2.20. The summed E-state index contributed by atoms with van der Waals surface area (Å²) < 4.78 is 6.06. The number of aromatic hydroxyl groups is 1. The molecular weight excluding hydrogens is 438 g/mol. The number of halogens is 1. The van der Waals surface area contributed by atoms with Crippen LogP contribution in [0, 0.1) is 5.92 Å². The Labute approximate surface area is 188 Å². The number of likely N-dealkylation sites (tertiary alicyclic amines) is 1. The number of phenolic OH excluding ortho intramolecular Hbond substituents is 1. The van der Waals surface area contributed by atoms with Crippen molar-refractivity contribution in [2.24, 2.45) is 11.0 Å². The maximum Gasteiger partial charge on any atom is 0.294 e. The fraction of sp³-hybridized carbons (Fsp3) is 0.368. The molecule has 1 saturated heterocycles. The number of aromatic nitrogens is 5. The van der Waals surface area contributed by atoms with Crippen LogP contribution >= 0.6 is 11.6 Å². The summed E-state index contributed by atoms with van der Waals surface area (Å²) in [7, 11) is 0. The number of rotatable bonds is 6. The number of quaternary nitrogens is 1. The second kappa shape index (κ2) is 9.32. The molecule has 3 aromatic rings. The molecule has 13 heteroatoms. The van der Waals surface area contributed by atoms with Crippen LogP contribution in [0.15, 0.2) is 27.9 Å². The number of nitrogens with two attached hydrogens (primary N) is 1. The molecule has 0 atom stereocenters. The fourth-order valence-corrected chi connectivity index (χ4v) is 3.75. The van der Waals surface area contributed by atoms with E-state index in [1.54, 1.807) is 6.07 Å². The molecule has 0 unspecified atom stereocenters. The van der Waals surface area contributed by atoms with E-state index in [2.05, 4.69) is 42.7 Å². The quantitative estimate of drug-likeness (QED) is 0.299. The molecule has 1 aromatic carbocycles. The highest BCUT2D eigenvalue weighted by Gasteiger charge is 2.28. The summed E-state index contributed by atoms with van der Waals surface area (Å²) >= 11 is 5.93. The van der Waals surface area contributed by atoms with E-state index in [9.17, 15) is 9.90 Å². The third-order valence-corrected chi connectivity index (χ3v) is 5.67. The van der Waals surface area contributed by atoms with Crippen LogP contribution in [0.1, 0.15) is 41.5 Å². The monoisotopic (exact) mass is 460 g/mol. The molecule has 168 valence electrons. The number of piperidine rings is 1. The van der Waals surface area contributed by atoms with Gasteiger partial charge < -0.3 is 15.7 Å². The van der Waals surface area contributed by atoms with Gasteiger partial charge in [0.15, 0.2) is 5.69 Å². The van der Waals surface area contributed by atoms with Gasteiger partial charge in [0, 0.05) is 10.6 Å². The number of hydrogen-bond acceptors (Lipinski definition) is 9. The number of nitrogen functional groups attached to an aromatic ring is 1. The van der Waals surface area contributed by atoms with Crippen molar-refractivity contribution in [1.29, 1.82) is 0 Å². The minimum Gasteiger partial charge on any atom is -0.507 e. The number of carbonyl (C=O) groups excluding carboxylic acids is 1. The van der Waals surface area contributed by atoms with Crippen LogP contribution in [0.4, 0.5) is 5.82 Å². The first kappa shape index (κ1) is 21.7. The zero-order valence-corrected chi connectivity index (χ0v) is 18.1. The van der Waals surface area contributed by atoms with E-state index in [1.165, 1.54) is 27.9 Å². The minimum absolute atomic E-state index is 0.0176. The van der Waals surface area contributed by atoms with Crippen molar-refractivity contribution in [3.63, 3.8) is 0 Å². The summed E-state index contributed by atoms with van der Waals surface area (Å²) in [5.41, 5.74) is 9.21. The van der Waals surface area contributed by atoms with Crippen molar-refractivity contribution in [3.8, 4) is 11.6 Å². The first-order valence-corrected chi connectivity index (χ1v) is 10.5. The molecule has 1 aliphatic rings. The van der Waals surface area contributed by atoms with Gasteiger partial charge in [-0.3, -0.25) is 4.79 Å². The van der Waals surface area contributed by atoms with Crippen LogP contribution in [0.5, 0.6) is 5.75 Å². The van der Waals surface area contributed by atoms with Crippen LogP contribution in [0.25, 0.3) is 5.82 Å². The normalized spacial score (nSPS) is 18.8. The van der Waals surface area contributed by atoms with Gasteiger partial charge in [-0.2, -0.15) is 9.78 Å². The molecule has 0 bridgehead atoms. The van der Waals surface area contributed by atoms with E-state index in [0.717, 1.165) is 25.9 Å². The lowest BCUT2D eigenvalue weighted by atomic mass is 9.99. The lowest BCUT2D eigenvalue weighted by Crippen LogP contribution is -3.11. The third-order valence-electron chi connectivity index (χ3n) is 5.43. The summed E-state index contributed by atoms with van der Waals surface area (Å²) in [5.74, 6) is 0.306. The predicted molar refractivity (Wildman–Crippen MR) is 115 cm³/mol. The molecule has 0 spiro atoms. The summed E-state index contributed by atoms with van der Waals surface area (Å²) in [6.07, 6.45) is 3.49. The predicted octanol–water partition coefficient (Wildman–Crippen LogP) is 0.170. The van der Waals surface area contributed by atoms with Gasteiger partial charge in [-0.05, 0) is 47.3 Å². The van der Waals surface area contributed by atoms with Gasteiger partial charge in [0.05, 0.1) is 19.3 Å². The van der Waals surface area contributed by atoms with E-state index >= 15 is 0 Å². The van der Waals surface area contributed by atoms with Gasteiger partial charge in [0.25, 0.3) is 5.91 Å². The highest BCUT2D eigenvalue weighted by atomic mass is 35.5. The Morgan fingerprint density at radius 1 is 1.44 bits per heavy atom. The Kier molecular flexibility index (Phi) is 6.32. The summed E-state index contributed by atoms with van der Waals surface area (Å²) in [4.78, 5) is 14.1. The van der Waals surface area contributed by atoms with Crippen molar-refractivity contribution in [1.82, 2.24) is 30.7 Å². The van der Waals surface area contributed by atoms with Gasteiger partial charge in [-0.15, -0.1) is 5.10 Å². The van der Waals surface area contributed by atoms with Gasteiger partial charge in [0.2, 0.25) is 11.6 Å². The van der Waals surface area contributed by atoms with Crippen LogP contribution in [0.2, 0.25) is 5.02 Å². The smallest absolute Gasteiger partial charge is 0.294 e. The minimum atomic E-state index is -0.566. The Bertz CT molecular complexity index is 1140. The first-order chi connectivity index (χ1) is 15.4. The van der Waals surface area contributed by atoms with Crippen LogP contribution < -0.4 is 16.1 Å². The zero-order valence-electron chi connectivity index (χ0n) is 17.3. The number of hydrazone groups is 1. The van der Waals surface area contributed by atoms with Crippen LogP contribution in [-0.2, 0) is 6.54 Å². The lowest BCUT2D eigenvalue weighted by Gasteiger charge is -2.27. The Morgan fingerprint density at radius 3 is 2.94 bits per heavy atom. The highest BCUT2D eigenvalue weighted by molar-refractivity contribution is 6.30. The number of nitrogens with one attached hydrogen (secondary N) is 2. The van der Waals surface area contributed by atoms with Crippen molar-refractivity contribution < 1.29 is 19.4 Å². The van der Waals surface area contributed by atoms with E-state index in [0.29, 0.717) is 28.7 Å². The second-order valence-corrected chi connectivity index (χ2v) is 8.22. The number of benzene rings is 1. The van der Waals surface area contributed by atoms with Crippen molar-refractivity contribution in [2.45, 2.75) is 26.3 Å². The summed E-state index contributed by atoms with van der Waals surface area (Å²) in [5, 5.41) is 29.7. The molecule has 0 saturated carbocycles. The molecule has 12 nitrogen and oxygen atoms in total. The van der Waals surface area contributed by atoms with E-state index in [1.807, 2.05) is 0 Å². The van der Waals surface area contributed by atoms with Crippen molar-refractivity contribution in [3.05, 3.63) is 40.2 Å². The number of hydrogen-bond donors (Lipinski definition) is 4. The largest absolute Gasteiger partial charge is 0.507 e. The molecular formula is C19H23ClN9O3+. The Balaban J connectivity index is 1.57. The molecule has 5 N–H and O–H groups in total. The molecule has 0 aliphatic carbocycles. The lowest BCUT2D eigenvalue weighted by molar-refractivity contribution is -0.920. The maximum absolute atomic E-state index is 12.8. The molecule has 1 aliphatic heterocycles. The molecule has 32 heavy (non-hydrogen) atoms. The summed E-state index contributed by atoms with van der Waals surface area (Å²) in [6.45, 7) is 4.66. The number of carbonyl (C=O) groups is 1. The number of amides is 1. The zero-order chi connectivity index (χ0) is 22.7. The average molecular weight is 461 g/mol. The number of anilines is 1. The van der Waals surface area contributed by atoms with E-state index < -0.39 is 5.91 Å². The molecule has 3 heterocycles. The van der Waals surface area contributed by atoms with Crippen LogP contribution in [0.3, 0.4) is 0 Å². The molecule has 4 rings (SSSR count). The Hall–Kier alpha value is -3.51. The van der Waals surface area contributed by atoms with Crippen LogP contribution in [-0.4, -0.2) is 55.6 Å². The van der Waals surface area contributed by atoms with Crippen molar-refractivity contribution >= 4 is 29.5 Å². The standard InChI is InChI=1S/C19H22ClN9O3/c1-11-4-6-28(7-5-11)10-14-16(23-27-29(14)18-17(21)25-32-26-18)19(31)24-22-9-12-8-13(20)2-3-15(12)30/h2-3,8-9,11,30H,4-7,10H2,1H3,(H2,21,25)(H,24,31)/p+1/b22-9+. The SMILES string of the molecule is CC1CC[NH+](Cc2c(C(=O)N/N=C/c3cc(Cl)ccc3O)nnn2-c2nonc2N)CC1. The van der Waals surface area contributed by atoms with E-state index in [4.69, 9.17) is 17.3 Å². The maximum atomic E-state index is 12.8. The first-order valence-electron chi connectivity index (χ1n) is 10.1. The average Bonchev–Trinajstić information content (AvgIpc) is 3.37. The molecule has 1 amide bonds. The van der Waals surface area contributed by atoms with Gasteiger partial charge in [0.1, 0.15) is 18.0 Å². The second-order valence-electron chi connectivity index (χ2n) is 7.78. The molecule has 1 fully saturated rings. The number of nitrogens with zero attached hydrogens (tertiary/aromatic N) is 6. The molecule has 2 aromatic heterocycles. The fourth-order valence-electron chi connectivity index (χ4n) is 3.57. The number of phenols is 1. The molecule has 0 radical (unpaired) electrons. The van der Waals surface area contributed by atoms with Gasteiger partial charge in [-0.25, -0.2) is 10.1 Å². The van der Waals surface area contributed by atoms with Gasteiger partial charge >= 0.3 is 0 Å². The topological polar surface area (TPSA) is 162 Å².